The van der Waals surface area contributed by atoms with E-state index < -0.39 is 9.84 Å². The van der Waals surface area contributed by atoms with Crippen LogP contribution in [0.15, 0.2) is 0 Å². The molecule has 16 heavy (non-hydrogen) atoms. The Bertz CT molecular complexity index is 341. The van der Waals surface area contributed by atoms with E-state index >= 15 is 0 Å². The number of carbonyl (C=O) groups excluding carboxylic acids is 1. The van der Waals surface area contributed by atoms with Gasteiger partial charge in [0.15, 0.2) is 9.84 Å². The number of sulfone groups is 1. The van der Waals surface area contributed by atoms with Crippen molar-refractivity contribution >= 4 is 15.7 Å². The lowest BCUT2D eigenvalue weighted by Gasteiger charge is -2.23. The van der Waals surface area contributed by atoms with Crippen LogP contribution in [0.2, 0.25) is 0 Å². The van der Waals surface area contributed by atoms with E-state index in [-0.39, 0.29) is 42.5 Å². The number of aliphatic hydroxyl groups excluding tert-OH is 1. The first-order chi connectivity index (χ1) is 7.43. The maximum Gasteiger partial charge on any atom is 0.221 e. The van der Waals surface area contributed by atoms with Crippen LogP contribution in [-0.2, 0) is 14.6 Å². The molecule has 1 heterocycles. The molecule has 1 rings (SSSR count). The van der Waals surface area contributed by atoms with Crippen LogP contribution in [-0.4, -0.2) is 56.2 Å². The highest BCUT2D eigenvalue weighted by Crippen LogP contribution is 2.04. The number of hydrogen-bond acceptors (Lipinski definition) is 5. The van der Waals surface area contributed by atoms with E-state index in [2.05, 4.69) is 10.6 Å². The average molecular weight is 250 g/mol. The Morgan fingerprint density at radius 3 is 2.88 bits per heavy atom. The fourth-order valence-corrected chi connectivity index (χ4v) is 3.05. The summed E-state index contributed by atoms with van der Waals surface area (Å²) in [6.45, 7) is 1.96. The molecule has 0 aliphatic carbocycles. The lowest BCUT2D eigenvalue weighted by molar-refractivity contribution is -0.122. The number of amides is 1. The molecule has 0 spiro atoms. The molecule has 0 saturated carbocycles. The van der Waals surface area contributed by atoms with Gasteiger partial charge in [-0.2, -0.15) is 0 Å². The van der Waals surface area contributed by atoms with E-state index in [0.29, 0.717) is 6.54 Å². The summed E-state index contributed by atoms with van der Waals surface area (Å²) in [6.07, 6.45) is 0.129. The molecular formula is C9H18N2O4S. The van der Waals surface area contributed by atoms with Gasteiger partial charge >= 0.3 is 0 Å². The predicted molar refractivity (Wildman–Crippen MR) is 59.8 cm³/mol. The molecule has 0 bridgehead atoms. The summed E-state index contributed by atoms with van der Waals surface area (Å²) in [6, 6.07) is -0.614. The quantitative estimate of drug-likeness (QED) is 0.550. The molecule has 1 fully saturated rings. The standard InChI is InChI=1S/C9H18N2O4S/c1-7(5-12)11-9(13)4-8-6-16(14,15)3-2-10-8/h7-8,10,12H,2-6H2,1H3,(H,11,13). The van der Waals surface area contributed by atoms with Crippen molar-refractivity contribution < 1.29 is 18.3 Å². The van der Waals surface area contributed by atoms with Gasteiger partial charge in [-0.25, -0.2) is 8.42 Å². The maximum absolute atomic E-state index is 11.4. The molecule has 0 radical (unpaired) electrons. The topological polar surface area (TPSA) is 95.5 Å². The molecule has 3 N–H and O–H groups in total. The van der Waals surface area contributed by atoms with Crippen LogP contribution in [0, 0.1) is 0 Å². The van der Waals surface area contributed by atoms with E-state index in [1.165, 1.54) is 0 Å². The normalized spacial score (nSPS) is 26.0. The number of hydrogen-bond donors (Lipinski definition) is 3. The summed E-state index contributed by atoms with van der Waals surface area (Å²) >= 11 is 0. The zero-order valence-electron chi connectivity index (χ0n) is 9.27. The summed E-state index contributed by atoms with van der Waals surface area (Å²) in [5.74, 6) is -0.0947. The van der Waals surface area contributed by atoms with Crippen molar-refractivity contribution in [1.82, 2.24) is 10.6 Å². The SMILES string of the molecule is CC(CO)NC(=O)CC1CS(=O)(=O)CCN1. The van der Waals surface area contributed by atoms with Crippen LogP contribution in [0.4, 0.5) is 0 Å². The molecule has 94 valence electrons. The smallest absolute Gasteiger partial charge is 0.221 e. The number of nitrogens with one attached hydrogen (secondary N) is 2. The second-order valence-electron chi connectivity index (χ2n) is 4.12. The predicted octanol–water partition coefficient (Wildman–Crippen LogP) is -1.74. The van der Waals surface area contributed by atoms with Gasteiger partial charge in [0.25, 0.3) is 0 Å². The number of carbonyl (C=O) groups is 1. The zero-order chi connectivity index (χ0) is 12.2. The molecule has 0 aromatic heterocycles. The Morgan fingerprint density at radius 2 is 2.31 bits per heavy atom. The van der Waals surface area contributed by atoms with E-state index in [0.717, 1.165) is 0 Å². The Balaban J connectivity index is 2.39. The van der Waals surface area contributed by atoms with Crippen molar-refractivity contribution in [2.45, 2.75) is 25.4 Å². The first-order valence-corrected chi connectivity index (χ1v) is 7.09. The molecule has 2 unspecified atom stereocenters. The Kier molecular flexibility index (Phi) is 4.69. The van der Waals surface area contributed by atoms with Crippen molar-refractivity contribution in [1.29, 1.82) is 0 Å². The van der Waals surface area contributed by atoms with Crippen LogP contribution >= 0.6 is 0 Å². The summed E-state index contributed by atoms with van der Waals surface area (Å²) in [5.41, 5.74) is 0. The van der Waals surface area contributed by atoms with E-state index in [4.69, 9.17) is 5.11 Å². The van der Waals surface area contributed by atoms with Crippen molar-refractivity contribution in [2.24, 2.45) is 0 Å². The van der Waals surface area contributed by atoms with Crippen LogP contribution in [0.25, 0.3) is 0 Å². The monoisotopic (exact) mass is 250 g/mol. The van der Waals surface area contributed by atoms with Crippen molar-refractivity contribution in [3.05, 3.63) is 0 Å². The third-order valence-electron chi connectivity index (χ3n) is 2.41. The van der Waals surface area contributed by atoms with Crippen molar-refractivity contribution in [2.75, 3.05) is 24.7 Å². The van der Waals surface area contributed by atoms with Gasteiger partial charge in [-0.15, -0.1) is 0 Å². The molecule has 6 nitrogen and oxygen atoms in total. The van der Waals surface area contributed by atoms with Crippen LogP contribution in [0.3, 0.4) is 0 Å². The highest BCUT2D eigenvalue weighted by atomic mass is 32.2. The van der Waals surface area contributed by atoms with Crippen molar-refractivity contribution in [3.8, 4) is 0 Å². The highest BCUT2D eigenvalue weighted by molar-refractivity contribution is 7.91. The molecule has 0 aromatic carbocycles. The Morgan fingerprint density at radius 1 is 1.62 bits per heavy atom. The fourth-order valence-electron chi connectivity index (χ4n) is 1.60. The lowest BCUT2D eigenvalue weighted by Crippen LogP contribution is -2.48. The third-order valence-corrected chi connectivity index (χ3v) is 4.15. The van der Waals surface area contributed by atoms with Gasteiger partial charge in [0.1, 0.15) is 0 Å². The summed E-state index contributed by atoms with van der Waals surface area (Å²) in [5, 5.41) is 14.3. The number of aliphatic hydroxyl groups is 1. The van der Waals surface area contributed by atoms with Gasteiger partial charge in [-0.05, 0) is 6.92 Å². The summed E-state index contributed by atoms with van der Waals surface area (Å²) in [4.78, 5) is 11.4. The Hall–Kier alpha value is -0.660. The van der Waals surface area contributed by atoms with Gasteiger partial charge in [0.2, 0.25) is 5.91 Å². The lowest BCUT2D eigenvalue weighted by atomic mass is 10.2. The first-order valence-electron chi connectivity index (χ1n) is 5.27. The first kappa shape index (κ1) is 13.4. The molecule has 1 aliphatic rings. The van der Waals surface area contributed by atoms with Gasteiger partial charge in [0.05, 0.1) is 18.1 Å². The number of rotatable bonds is 4. The van der Waals surface area contributed by atoms with Gasteiger partial charge in [-0.3, -0.25) is 4.79 Å². The van der Waals surface area contributed by atoms with E-state index in [9.17, 15) is 13.2 Å². The second-order valence-corrected chi connectivity index (χ2v) is 6.35. The summed E-state index contributed by atoms with van der Waals surface area (Å²) < 4.78 is 22.6. The molecule has 2 atom stereocenters. The minimum Gasteiger partial charge on any atom is -0.394 e. The molecule has 1 saturated heterocycles. The average Bonchev–Trinajstić information content (AvgIpc) is 2.15. The largest absolute Gasteiger partial charge is 0.394 e. The third kappa shape index (κ3) is 4.46. The van der Waals surface area contributed by atoms with Crippen LogP contribution in [0.1, 0.15) is 13.3 Å². The molecule has 1 aliphatic heterocycles. The second kappa shape index (κ2) is 5.60. The van der Waals surface area contributed by atoms with Gasteiger partial charge in [0, 0.05) is 25.0 Å². The Labute approximate surface area is 95.3 Å². The fraction of sp³-hybridized carbons (Fsp3) is 0.889. The maximum atomic E-state index is 11.4. The molecular weight excluding hydrogens is 232 g/mol. The van der Waals surface area contributed by atoms with Crippen LogP contribution < -0.4 is 10.6 Å². The van der Waals surface area contributed by atoms with E-state index in [1.54, 1.807) is 6.92 Å². The van der Waals surface area contributed by atoms with Crippen LogP contribution in [0.5, 0.6) is 0 Å². The minimum absolute atomic E-state index is 0.00786. The van der Waals surface area contributed by atoms with Gasteiger partial charge < -0.3 is 15.7 Å². The molecule has 1 amide bonds. The van der Waals surface area contributed by atoms with Crippen molar-refractivity contribution in [3.63, 3.8) is 0 Å². The summed E-state index contributed by atoms with van der Waals surface area (Å²) in [7, 11) is -3.00. The molecule has 7 heteroatoms. The molecule has 0 aromatic rings. The minimum atomic E-state index is -3.00. The highest BCUT2D eigenvalue weighted by Gasteiger charge is 2.26. The zero-order valence-corrected chi connectivity index (χ0v) is 10.1. The van der Waals surface area contributed by atoms with Gasteiger partial charge in [-0.1, -0.05) is 0 Å². The van der Waals surface area contributed by atoms with E-state index in [1.807, 2.05) is 0 Å².